The van der Waals surface area contributed by atoms with Crippen LogP contribution in [-0.2, 0) is 23.7 Å². The van der Waals surface area contributed by atoms with E-state index in [1.54, 1.807) is 47.0 Å². The molecule has 0 aliphatic heterocycles. The Kier molecular flexibility index (Phi) is 43.2. The van der Waals surface area contributed by atoms with Crippen molar-refractivity contribution in [3.63, 3.8) is 0 Å². The highest BCUT2D eigenvalue weighted by atomic mass is 32.2. The number of benzene rings is 2. The number of phenolic OH excluding ortho intramolecular Hbond substituents is 2. The van der Waals surface area contributed by atoms with Crippen molar-refractivity contribution in [3.05, 3.63) is 46.5 Å². The molecule has 0 spiro atoms. The van der Waals surface area contributed by atoms with Crippen LogP contribution < -0.4 is 10.6 Å². The third kappa shape index (κ3) is 34.8. The van der Waals surface area contributed by atoms with Gasteiger partial charge in [-0.25, -0.2) is 0 Å². The number of aryl methyl sites for hydroxylation is 2. The van der Waals surface area contributed by atoms with E-state index in [4.69, 9.17) is 29.9 Å². The van der Waals surface area contributed by atoms with E-state index in [0.29, 0.717) is 23.4 Å². The molecule has 0 aliphatic rings. The molecule has 0 unspecified atom stereocenters. The molecular weight excluding hydrogens is 1180 g/mol. The van der Waals surface area contributed by atoms with Crippen molar-refractivity contribution >= 4 is 93.8 Å². The summed E-state index contributed by atoms with van der Waals surface area (Å²) in [6.07, 6.45) is 37.8. The Morgan fingerprint density at radius 3 is 0.942 bits per heavy atom. The minimum absolute atomic E-state index is 0.205. The van der Waals surface area contributed by atoms with E-state index in [9.17, 15) is 10.2 Å². The number of nitrogens with one attached hydrogen (secondary N) is 2. The summed E-state index contributed by atoms with van der Waals surface area (Å²) >= 11 is 11.1. The lowest BCUT2D eigenvalue weighted by Gasteiger charge is -2.28. The summed E-state index contributed by atoms with van der Waals surface area (Å²) in [6, 6.07) is 8.25. The fraction of sp³-hybridized carbons (Fsp3) is 0.743. The highest BCUT2D eigenvalue weighted by Gasteiger charge is 2.27. The number of anilines is 4. The quantitative estimate of drug-likeness (QED) is 0.0189. The largest absolute Gasteiger partial charge is 0.507 e. The predicted octanol–water partition coefficient (Wildman–Crippen LogP) is 23.2. The van der Waals surface area contributed by atoms with E-state index >= 15 is 0 Å². The number of unbranched alkanes of at least 4 members (excludes halogenated alkanes) is 22. The molecule has 0 amide bonds. The van der Waals surface area contributed by atoms with Gasteiger partial charge in [0, 0.05) is 57.0 Å². The van der Waals surface area contributed by atoms with Gasteiger partial charge in [0.15, 0.2) is 20.6 Å². The number of aromatic hydroxyl groups is 2. The van der Waals surface area contributed by atoms with Gasteiger partial charge in [-0.05, 0) is 109 Å². The first-order chi connectivity index (χ1) is 41.6. The van der Waals surface area contributed by atoms with Crippen molar-refractivity contribution < 1.29 is 10.2 Å². The van der Waals surface area contributed by atoms with Gasteiger partial charge in [-0.1, -0.05) is 271 Å². The summed E-state index contributed by atoms with van der Waals surface area (Å²) in [4.78, 5) is 29.0. The Balaban J connectivity index is 0.000000455. The van der Waals surface area contributed by atoms with Crippen molar-refractivity contribution in [1.82, 2.24) is 29.9 Å². The number of hydrogen-bond acceptors (Lipinski definition) is 16. The smallest absolute Gasteiger partial charge is 0.232 e. The molecule has 4 rings (SSSR count). The second kappa shape index (κ2) is 47.6. The Labute approximate surface area is 551 Å². The number of aromatic nitrogens is 6. The van der Waals surface area contributed by atoms with Gasteiger partial charge in [0.2, 0.25) is 11.9 Å². The second-order valence-electron chi connectivity index (χ2n) is 25.2. The van der Waals surface area contributed by atoms with Crippen LogP contribution >= 0.6 is 70.6 Å². The van der Waals surface area contributed by atoms with Crippen molar-refractivity contribution in [2.45, 2.75) is 307 Å². The fourth-order valence-corrected chi connectivity index (χ4v) is 15.3. The number of rotatable bonds is 48. The maximum Gasteiger partial charge on any atom is 0.232 e. The Morgan fingerprint density at radius 1 is 0.326 bits per heavy atom. The van der Waals surface area contributed by atoms with E-state index < -0.39 is 0 Å². The first-order valence-corrected chi connectivity index (χ1v) is 40.3. The molecule has 2 aromatic carbocycles. The van der Waals surface area contributed by atoms with Crippen LogP contribution in [0.3, 0.4) is 0 Å². The zero-order valence-corrected chi connectivity index (χ0v) is 61.1. The van der Waals surface area contributed by atoms with Crippen LogP contribution in [0.5, 0.6) is 11.5 Å². The van der Waals surface area contributed by atoms with Crippen LogP contribution in [0, 0.1) is 0 Å². The van der Waals surface area contributed by atoms with Crippen molar-refractivity contribution in [1.29, 1.82) is 0 Å². The average Bonchev–Trinajstić information content (AvgIpc) is 1.34. The molecule has 0 saturated carbocycles. The highest BCUT2D eigenvalue weighted by Crippen LogP contribution is 2.42. The standard InChI is InChI=1S/C37H64N4OS4.C33H56N4OS2/c1-9-11-13-15-17-19-21-43-23-25-45-34-39-33(40-35(41-34)46-26-24-44-22-20-18-16-14-12-10-2)38-29-27-30(36(3,4)5)32(42)31(28-29)37(6,7)8;1-5-9-13-15-17-19-23-39-32-35-31(36-33(37-32)40-24-20-18-16-14-10-6-2)34-29-25-27(21-11-7-3)30(38)28(26-29)22-12-8-4/h27-28,42H,9-26H2,1-8H3,(H,38,39,40,41);25-26,38H,5-24H2,1-4H3,(H,34,35,36,37). The third-order valence-electron chi connectivity index (χ3n) is 15.0. The summed E-state index contributed by atoms with van der Waals surface area (Å²) in [6.45, 7) is 26.3. The monoisotopic (exact) mass is 1300 g/mol. The number of hydrogen-bond donors (Lipinski definition) is 4. The molecule has 0 fully saturated rings. The van der Waals surface area contributed by atoms with Crippen molar-refractivity contribution in [2.75, 3.05) is 56.7 Å². The van der Waals surface area contributed by atoms with E-state index in [2.05, 4.69) is 106 Å². The number of phenols is 2. The predicted molar refractivity (Wildman–Crippen MR) is 388 cm³/mol. The molecule has 2 heterocycles. The summed E-state index contributed by atoms with van der Waals surface area (Å²) in [7, 11) is 0. The van der Waals surface area contributed by atoms with Crippen LogP contribution in [0.4, 0.5) is 23.3 Å². The second-order valence-corrected chi connectivity index (χ2v) is 31.9. The summed E-state index contributed by atoms with van der Waals surface area (Å²) in [5.41, 5.74) is 5.32. The van der Waals surface area contributed by atoms with Crippen LogP contribution in [0.15, 0.2) is 44.9 Å². The van der Waals surface area contributed by atoms with Crippen LogP contribution in [-0.4, -0.2) is 86.1 Å². The molecule has 0 atom stereocenters. The van der Waals surface area contributed by atoms with Gasteiger partial charge in [0.25, 0.3) is 0 Å². The van der Waals surface area contributed by atoms with Crippen LogP contribution in [0.2, 0.25) is 0 Å². The third-order valence-corrected chi connectivity index (χ3v) is 21.2. The molecular formula is C70H120N8O2S6. The lowest BCUT2D eigenvalue weighted by atomic mass is 9.79. The average molecular weight is 1300 g/mol. The zero-order valence-electron chi connectivity index (χ0n) is 56.2. The van der Waals surface area contributed by atoms with E-state index in [0.717, 1.165) is 127 Å². The van der Waals surface area contributed by atoms with Gasteiger partial charge in [0.05, 0.1) is 0 Å². The maximum absolute atomic E-state index is 11.2. The molecule has 2 aromatic heterocycles. The lowest BCUT2D eigenvalue weighted by Crippen LogP contribution is -2.18. The van der Waals surface area contributed by atoms with Crippen LogP contribution in [0.25, 0.3) is 0 Å². The normalized spacial score (nSPS) is 11.8. The highest BCUT2D eigenvalue weighted by molar-refractivity contribution is 8.03. The van der Waals surface area contributed by atoms with E-state index in [1.807, 2.05) is 35.7 Å². The number of thioether (sulfide) groups is 6. The maximum atomic E-state index is 11.2. The Hall–Kier alpha value is -2.24. The zero-order chi connectivity index (χ0) is 62.7. The SMILES string of the molecule is CCCCCCCCSCCSc1nc(Nc2cc(C(C)(C)C)c(O)c(C(C)(C)C)c2)nc(SCCSCCCCCCCC)n1.CCCCCCCCSc1nc(Nc2cc(CCCC)c(O)c(CCCC)c2)nc(SCCCCCCCC)n1. The summed E-state index contributed by atoms with van der Waals surface area (Å²) < 4.78 is 0. The molecule has 0 bridgehead atoms. The van der Waals surface area contributed by atoms with Crippen molar-refractivity contribution in [3.8, 4) is 11.5 Å². The topological polar surface area (TPSA) is 142 Å². The molecule has 4 N–H and O–H groups in total. The molecule has 4 aromatic rings. The number of nitrogens with zero attached hydrogens (tertiary/aromatic N) is 6. The lowest BCUT2D eigenvalue weighted by molar-refractivity contribution is 0.423. The molecule has 10 nitrogen and oxygen atoms in total. The fourth-order valence-electron chi connectivity index (χ4n) is 9.75. The van der Waals surface area contributed by atoms with Gasteiger partial charge >= 0.3 is 0 Å². The Morgan fingerprint density at radius 2 is 0.616 bits per heavy atom. The van der Waals surface area contributed by atoms with Gasteiger partial charge in [-0.15, -0.1) is 0 Å². The summed E-state index contributed by atoms with van der Waals surface area (Å²) in [5, 5.41) is 32.3. The van der Waals surface area contributed by atoms with Crippen molar-refractivity contribution in [2.24, 2.45) is 0 Å². The molecule has 0 saturated heterocycles. The minimum atomic E-state index is -0.205. The first-order valence-electron chi connectivity index (χ1n) is 34.0. The Bertz CT molecular complexity index is 2240. The molecule has 0 radical (unpaired) electrons. The summed E-state index contributed by atoms with van der Waals surface area (Å²) in [5.74, 6) is 10.8. The van der Waals surface area contributed by atoms with Gasteiger partial charge < -0.3 is 20.8 Å². The van der Waals surface area contributed by atoms with E-state index in [-0.39, 0.29) is 10.8 Å². The molecule has 0 aliphatic carbocycles. The van der Waals surface area contributed by atoms with Gasteiger partial charge in [-0.2, -0.15) is 53.4 Å². The molecule has 86 heavy (non-hydrogen) atoms. The minimum Gasteiger partial charge on any atom is -0.507 e. The first kappa shape index (κ1) is 78.0. The van der Waals surface area contributed by atoms with Crippen LogP contribution in [0.1, 0.15) is 285 Å². The van der Waals surface area contributed by atoms with Gasteiger partial charge in [0.1, 0.15) is 11.5 Å². The molecule has 16 heteroatoms. The molecule has 488 valence electrons. The van der Waals surface area contributed by atoms with Gasteiger partial charge in [-0.3, -0.25) is 0 Å². The van der Waals surface area contributed by atoms with E-state index in [1.165, 1.54) is 166 Å².